The number of hydrogen-bond acceptors (Lipinski definition) is 5. The minimum atomic E-state index is -3.62. The van der Waals surface area contributed by atoms with E-state index in [0.717, 1.165) is 37.8 Å². The number of sulfonamides is 1. The molecule has 7 heteroatoms. The van der Waals surface area contributed by atoms with Crippen LogP contribution in [0.25, 0.3) is 0 Å². The van der Waals surface area contributed by atoms with Crippen LogP contribution in [-0.2, 0) is 10.0 Å². The molecule has 0 saturated heterocycles. The molecule has 1 aliphatic heterocycles. The van der Waals surface area contributed by atoms with Crippen LogP contribution < -0.4 is 5.73 Å². The Morgan fingerprint density at radius 3 is 2.75 bits per heavy atom. The molecule has 0 bridgehead atoms. The summed E-state index contributed by atoms with van der Waals surface area (Å²) in [5, 5.41) is 0. The van der Waals surface area contributed by atoms with E-state index in [4.69, 9.17) is 5.73 Å². The van der Waals surface area contributed by atoms with Crippen LogP contribution in [0.4, 0.5) is 0 Å². The summed E-state index contributed by atoms with van der Waals surface area (Å²) in [6.45, 7) is 0.698. The van der Waals surface area contributed by atoms with Crippen molar-refractivity contribution in [3.63, 3.8) is 0 Å². The number of hydrogen-bond donors (Lipinski definition) is 1. The van der Waals surface area contributed by atoms with Crippen LogP contribution in [0.3, 0.4) is 0 Å². The van der Waals surface area contributed by atoms with Crippen LogP contribution in [-0.4, -0.2) is 44.3 Å². The molecule has 1 heterocycles. The first-order valence-corrected chi connectivity index (χ1v) is 8.47. The van der Waals surface area contributed by atoms with Crippen molar-refractivity contribution in [2.24, 2.45) is 21.0 Å². The van der Waals surface area contributed by atoms with E-state index in [1.165, 1.54) is 6.21 Å². The molecule has 0 aromatic heterocycles. The molecule has 6 nitrogen and oxygen atoms in total. The second-order valence-electron chi connectivity index (χ2n) is 5.32. The Hall–Kier alpha value is -1.21. The van der Waals surface area contributed by atoms with E-state index >= 15 is 0 Å². The average Bonchev–Trinajstić information content (AvgIpc) is 2.41. The normalized spacial score (nSPS) is 26.9. The van der Waals surface area contributed by atoms with E-state index in [1.807, 2.05) is 0 Å². The predicted octanol–water partition coefficient (Wildman–Crippen LogP) is 1.11. The molecular formula is C13H22N4O2S. The predicted molar refractivity (Wildman–Crippen MR) is 81.2 cm³/mol. The highest BCUT2D eigenvalue weighted by molar-refractivity contribution is 7.90. The van der Waals surface area contributed by atoms with Gasteiger partial charge in [0.2, 0.25) is 5.50 Å². The number of rotatable bonds is 4. The molecule has 20 heavy (non-hydrogen) atoms. The van der Waals surface area contributed by atoms with Gasteiger partial charge in [0.15, 0.2) is 0 Å². The van der Waals surface area contributed by atoms with E-state index in [0.29, 0.717) is 12.5 Å². The molecular weight excluding hydrogens is 276 g/mol. The van der Waals surface area contributed by atoms with Crippen LogP contribution in [0.5, 0.6) is 0 Å². The monoisotopic (exact) mass is 298 g/mol. The first-order chi connectivity index (χ1) is 9.53. The van der Waals surface area contributed by atoms with Gasteiger partial charge in [0.1, 0.15) is 0 Å². The second kappa shape index (κ2) is 6.49. The van der Waals surface area contributed by atoms with Crippen LogP contribution >= 0.6 is 0 Å². The van der Waals surface area contributed by atoms with Gasteiger partial charge in [0.25, 0.3) is 10.0 Å². The summed E-state index contributed by atoms with van der Waals surface area (Å²) >= 11 is 0. The molecule has 0 aromatic rings. The summed E-state index contributed by atoms with van der Waals surface area (Å²) in [6.07, 6.45) is 9.37. The minimum Gasteiger partial charge on any atom is -0.345 e. The Labute approximate surface area is 120 Å². The Kier molecular flexibility index (Phi) is 4.93. The summed E-state index contributed by atoms with van der Waals surface area (Å²) in [6, 6.07) is 0. The van der Waals surface area contributed by atoms with Gasteiger partial charge in [-0.05, 0) is 50.6 Å². The molecule has 1 aliphatic carbocycles. The fourth-order valence-electron chi connectivity index (χ4n) is 2.62. The lowest BCUT2D eigenvalue weighted by Crippen LogP contribution is -2.34. The molecule has 0 radical (unpaired) electrons. The standard InChI is InChI=1S/C13H22N4O2S/c1-17-10-2-9-15-13(17)20(18,19)16-12-5-3-11(4-6-12)7-8-14/h2,9-11,13H,3-8,14H2,1H3. The lowest BCUT2D eigenvalue weighted by molar-refractivity contribution is 0.407. The van der Waals surface area contributed by atoms with Gasteiger partial charge in [-0.3, -0.25) is 4.99 Å². The maximum absolute atomic E-state index is 12.3. The molecule has 0 aromatic carbocycles. The molecule has 1 fully saturated rings. The SMILES string of the molecule is CN1C=CC=NC1S(=O)(=O)N=C1CCC(CCN)CC1. The molecule has 0 spiro atoms. The summed E-state index contributed by atoms with van der Waals surface area (Å²) in [5.41, 5.74) is 5.40. The largest absolute Gasteiger partial charge is 0.345 e. The molecule has 2 aliphatic rings. The second-order valence-corrected chi connectivity index (χ2v) is 6.96. The van der Waals surface area contributed by atoms with Crippen molar-refractivity contribution >= 4 is 21.9 Å². The van der Waals surface area contributed by atoms with Crippen LogP contribution in [0.2, 0.25) is 0 Å². The molecule has 0 amide bonds. The zero-order chi connectivity index (χ0) is 14.6. The lowest BCUT2D eigenvalue weighted by atomic mass is 9.86. The first kappa shape index (κ1) is 15.2. The number of aliphatic imine (C=N–C) groups is 1. The van der Waals surface area contributed by atoms with Crippen LogP contribution in [0.15, 0.2) is 21.7 Å². The Bertz CT molecular complexity index is 514. The molecule has 1 saturated carbocycles. The van der Waals surface area contributed by atoms with Crippen molar-refractivity contribution in [1.29, 1.82) is 0 Å². The van der Waals surface area contributed by atoms with E-state index in [9.17, 15) is 8.42 Å². The fraction of sp³-hybridized carbons (Fsp3) is 0.692. The summed E-state index contributed by atoms with van der Waals surface area (Å²) < 4.78 is 28.6. The third kappa shape index (κ3) is 3.67. The van der Waals surface area contributed by atoms with Gasteiger partial charge in [-0.1, -0.05) is 0 Å². The van der Waals surface area contributed by atoms with Crippen molar-refractivity contribution < 1.29 is 8.42 Å². The summed E-state index contributed by atoms with van der Waals surface area (Å²) in [4.78, 5) is 5.55. The van der Waals surface area contributed by atoms with Crippen molar-refractivity contribution in [2.45, 2.75) is 37.6 Å². The third-order valence-corrected chi connectivity index (χ3v) is 5.25. The van der Waals surface area contributed by atoms with Gasteiger partial charge in [0, 0.05) is 25.2 Å². The van der Waals surface area contributed by atoms with Gasteiger partial charge < -0.3 is 10.6 Å². The molecule has 112 valence electrons. The Morgan fingerprint density at radius 2 is 2.15 bits per heavy atom. The summed E-state index contributed by atoms with van der Waals surface area (Å²) in [5.74, 6) is 0.611. The van der Waals surface area contributed by atoms with E-state index in [2.05, 4.69) is 9.39 Å². The van der Waals surface area contributed by atoms with Crippen molar-refractivity contribution in [2.75, 3.05) is 13.6 Å². The van der Waals surface area contributed by atoms with Gasteiger partial charge in [0.05, 0.1) is 0 Å². The van der Waals surface area contributed by atoms with Gasteiger partial charge in [-0.25, -0.2) is 8.42 Å². The highest BCUT2D eigenvalue weighted by Crippen LogP contribution is 2.26. The zero-order valence-electron chi connectivity index (χ0n) is 11.8. The van der Waals surface area contributed by atoms with E-state index < -0.39 is 15.5 Å². The highest BCUT2D eigenvalue weighted by atomic mass is 32.2. The first-order valence-electron chi connectivity index (χ1n) is 6.96. The Morgan fingerprint density at radius 1 is 1.45 bits per heavy atom. The van der Waals surface area contributed by atoms with Gasteiger partial charge in [-0.15, -0.1) is 0 Å². The topological polar surface area (TPSA) is 88.1 Å². The highest BCUT2D eigenvalue weighted by Gasteiger charge is 2.29. The minimum absolute atomic E-state index is 0.611. The van der Waals surface area contributed by atoms with E-state index in [-0.39, 0.29) is 0 Å². The molecule has 1 unspecified atom stereocenters. The molecule has 2 N–H and O–H groups in total. The van der Waals surface area contributed by atoms with Gasteiger partial charge in [-0.2, -0.15) is 4.40 Å². The smallest absolute Gasteiger partial charge is 0.295 e. The van der Waals surface area contributed by atoms with Crippen molar-refractivity contribution in [3.05, 3.63) is 12.3 Å². The Balaban J connectivity index is 2.03. The maximum atomic E-state index is 12.3. The quantitative estimate of drug-likeness (QED) is 0.842. The number of nitrogens with zero attached hydrogens (tertiary/aromatic N) is 3. The van der Waals surface area contributed by atoms with Crippen molar-refractivity contribution in [3.8, 4) is 0 Å². The lowest BCUT2D eigenvalue weighted by Gasteiger charge is -2.25. The van der Waals surface area contributed by atoms with Crippen LogP contribution in [0, 0.1) is 5.92 Å². The summed E-state index contributed by atoms with van der Waals surface area (Å²) in [7, 11) is -1.93. The average molecular weight is 298 g/mol. The van der Waals surface area contributed by atoms with Gasteiger partial charge >= 0.3 is 0 Å². The maximum Gasteiger partial charge on any atom is 0.295 e. The molecule has 1 atom stereocenters. The fourth-order valence-corrected chi connectivity index (χ4v) is 3.97. The number of allylic oxidation sites excluding steroid dienone is 1. The molecule has 2 rings (SSSR count). The van der Waals surface area contributed by atoms with Crippen LogP contribution in [0.1, 0.15) is 32.1 Å². The third-order valence-electron chi connectivity index (χ3n) is 3.75. The number of nitrogens with two attached hydrogens (primary N) is 1. The van der Waals surface area contributed by atoms with E-state index in [1.54, 1.807) is 24.2 Å². The zero-order valence-corrected chi connectivity index (χ0v) is 12.6. The van der Waals surface area contributed by atoms with Crippen molar-refractivity contribution in [1.82, 2.24) is 4.90 Å².